The number of nitrogens with one attached hydrogen (secondary N) is 1. The molecule has 7 atom stereocenters. The lowest BCUT2D eigenvalue weighted by atomic mass is 9.74. The van der Waals surface area contributed by atoms with E-state index >= 15 is 0 Å². The van der Waals surface area contributed by atoms with Gasteiger partial charge in [0.05, 0.1) is 25.2 Å². The molecule has 260 valence electrons. The topological polar surface area (TPSA) is 135 Å². The number of halogens is 1. The minimum atomic E-state index is -1.51. The average Bonchev–Trinajstić information content (AvgIpc) is 3.71. The summed E-state index contributed by atoms with van der Waals surface area (Å²) in [5.74, 6) is -4.09. The maximum absolute atomic E-state index is 15.0. The molecular weight excluding hydrogens is 706 g/mol. The Hall–Kier alpha value is -4.36. The fourth-order valence-corrected chi connectivity index (χ4v) is 8.57. The molecule has 0 unspecified atom stereocenters. The van der Waals surface area contributed by atoms with E-state index in [0.717, 1.165) is 10.8 Å². The lowest BCUT2D eigenvalue weighted by molar-refractivity contribution is -0.162. The number of aliphatic hydroxyl groups excluding tert-OH is 1. The van der Waals surface area contributed by atoms with E-state index in [2.05, 4.69) is 21.2 Å². The Kier molecular flexibility index (Phi) is 9.62. The van der Waals surface area contributed by atoms with Crippen molar-refractivity contribution in [2.75, 3.05) is 38.3 Å². The largest absolute Gasteiger partial charge is 0.455 e. The maximum atomic E-state index is 15.0. The van der Waals surface area contributed by atoms with E-state index in [9.17, 15) is 24.3 Å². The molecule has 3 aromatic carbocycles. The summed E-state index contributed by atoms with van der Waals surface area (Å²) < 4.78 is 18.9. The van der Waals surface area contributed by atoms with Crippen LogP contribution in [-0.4, -0.2) is 90.9 Å². The van der Waals surface area contributed by atoms with Crippen LogP contribution in [0.4, 0.5) is 5.69 Å². The Labute approximate surface area is 298 Å². The van der Waals surface area contributed by atoms with Crippen molar-refractivity contribution < 1.29 is 38.5 Å². The second-order valence-electron chi connectivity index (χ2n) is 13.0. The van der Waals surface area contributed by atoms with Gasteiger partial charge in [-0.15, -0.1) is 0 Å². The first kappa shape index (κ1) is 34.1. The van der Waals surface area contributed by atoms with E-state index in [1.54, 1.807) is 23.1 Å². The first-order valence-electron chi connectivity index (χ1n) is 16.7. The monoisotopic (exact) mass is 743 g/mol. The van der Waals surface area contributed by atoms with Gasteiger partial charge >= 0.3 is 5.97 Å². The third kappa shape index (κ3) is 5.93. The first-order valence-corrected chi connectivity index (χ1v) is 17.5. The molecule has 2 N–H and O–H groups in total. The summed E-state index contributed by atoms with van der Waals surface area (Å²) in [5, 5.41) is 15.0. The molecule has 0 radical (unpaired) electrons. The van der Waals surface area contributed by atoms with Crippen LogP contribution in [0.1, 0.15) is 24.5 Å². The number of amides is 3. The highest BCUT2D eigenvalue weighted by Crippen LogP contribution is 2.59. The number of ether oxygens (including phenoxy) is 3. The molecule has 12 heteroatoms. The predicted molar refractivity (Wildman–Crippen MR) is 188 cm³/mol. The normalized spacial score (nSPS) is 30.7. The maximum Gasteiger partial charge on any atom is 0.313 e. The highest BCUT2D eigenvalue weighted by Gasteiger charge is 2.75. The average molecular weight is 745 g/mol. The van der Waals surface area contributed by atoms with Crippen LogP contribution in [0.2, 0.25) is 0 Å². The molecule has 0 saturated carbocycles. The molecule has 2 saturated heterocycles. The lowest BCUT2D eigenvalue weighted by Gasteiger charge is -2.35. The number of nitrogens with zero attached hydrogens (tertiary/aromatic N) is 2. The van der Waals surface area contributed by atoms with Crippen LogP contribution in [0, 0.1) is 11.8 Å². The number of β-amino-alcohol motifs (C(OH)–C–C–N with tert-alkyl or cyclic N) is 1. The van der Waals surface area contributed by atoms with Gasteiger partial charge in [-0.05, 0) is 41.0 Å². The molecule has 0 aromatic heterocycles. The molecule has 3 amide bonds. The Morgan fingerprint density at radius 3 is 2.48 bits per heavy atom. The number of methoxy groups -OCH3 is 1. The fraction of sp³-hybridized carbons (Fsp3) is 0.368. The number of esters is 1. The number of allylic oxidation sites excluding steroid dienone is 1. The molecule has 1 spiro atoms. The zero-order valence-electron chi connectivity index (χ0n) is 27.4. The number of hydrogen-bond acceptors (Lipinski definition) is 8. The third-order valence-electron chi connectivity index (χ3n) is 10.0. The number of fused-ring (bicyclic) bond motifs is 3. The van der Waals surface area contributed by atoms with Gasteiger partial charge in [-0.2, -0.15) is 0 Å². The minimum Gasteiger partial charge on any atom is -0.455 e. The fourth-order valence-electron chi connectivity index (χ4n) is 7.83. The Morgan fingerprint density at radius 2 is 1.72 bits per heavy atom. The van der Waals surface area contributed by atoms with Crippen molar-refractivity contribution in [3.63, 3.8) is 0 Å². The van der Waals surface area contributed by atoms with Gasteiger partial charge in [0, 0.05) is 36.8 Å². The van der Waals surface area contributed by atoms with Crippen LogP contribution in [0.3, 0.4) is 0 Å². The summed E-state index contributed by atoms with van der Waals surface area (Å²) in [7, 11) is 1.50. The number of aliphatic hydroxyl groups is 1. The van der Waals surface area contributed by atoms with Crippen molar-refractivity contribution in [1.29, 1.82) is 0 Å². The van der Waals surface area contributed by atoms with Crippen molar-refractivity contribution in [3.8, 4) is 0 Å². The summed E-state index contributed by atoms with van der Waals surface area (Å²) >= 11 is 3.58. The van der Waals surface area contributed by atoms with E-state index in [1.807, 2.05) is 72.8 Å². The SMILES string of the molecule is COC[C@H]1NC(=O)CC/C=C\CN(c2ccc3ccccc3c2)C(=O)[C@@H]2N(CCO)C(=O)[C@H]3[C@H](C(=O)O[C@@H]1c1ccccc1)[C@H]1O[C@@]23C=C1Br. The van der Waals surface area contributed by atoms with Crippen molar-refractivity contribution in [2.24, 2.45) is 11.8 Å². The second-order valence-corrected chi connectivity index (χ2v) is 13.9. The van der Waals surface area contributed by atoms with Gasteiger partial charge in [0.1, 0.15) is 29.8 Å². The number of carbonyl (C=O) groups excluding carboxylic acids is 4. The van der Waals surface area contributed by atoms with Gasteiger partial charge in [0.15, 0.2) is 0 Å². The minimum absolute atomic E-state index is 0.0521. The van der Waals surface area contributed by atoms with Crippen LogP contribution >= 0.6 is 15.9 Å². The number of anilines is 1. The van der Waals surface area contributed by atoms with E-state index < -0.39 is 66.1 Å². The van der Waals surface area contributed by atoms with Crippen LogP contribution in [-0.2, 0) is 33.4 Å². The van der Waals surface area contributed by atoms with Gasteiger partial charge < -0.3 is 34.4 Å². The van der Waals surface area contributed by atoms with Crippen LogP contribution in [0.15, 0.2) is 95.5 Å². The van der Waals surface area contributed by atoms with E-state index in [1.165, 1.54) is 12.0 Å². The van der Waals surface area contributed by atoms with Gasteiger partial charge in [-0.1, -0.05) is 88.7 Å². The first-order chi connectivity index (χ1) is 24.3. The van der Waals surface area contributed by atoms with Crippen molar-refractivity contribution in [3.05, 3.63) is 101 Å². The number of hydrogen-bond donors (Lipinski definition) is 2. The summed E-state index contributed by atoms with van der Waals surface area (Å²) in [6, 6.07) is 20.6. The molecule has 50 heavy (non-hydrogen) atoms. The molecule has 4 aliphatic heterocycles. The van der Waals surface area contributed by atoms with Crippen LogP contribution in [0.25, 0.3) is 10.8 Å². The molecule has 4 heterocycles. The standard InChI is InChI=1S/C38H38BrN3O8/c1-48-22-28-32(24-11-4-2-5-12-24)49-37(47)30-31-35(45)42(18-19-43)34(38(31)21-27(39)33(30)50-38)36(46)41(17-9-3-6-14-29(44)40-28)26-16-15-23-10-7-8-13-25(23)20-26/h2-5,7-13,15-16,20-21,28,30-34,43H,6,14,17-19,22H2,1H3,(H,40,44)/b9-3-/t28-,30+,31-,32-,33+,34+,38-/m1/s1. The molecule has 7 rings (SSSR count). The lowest BCUT2D eigenvalue weighted by Crippen LogP contribution is -2.56. The number of cyclic esters (lactones) is 1. The summed E-state index contributed by atoms with van der Waals surface area (Å²) in [6.07, 6.45) is 4.09. The van der Waals surface area contributed by atoms with Gasteiger partial charge in [-0.25, -0.2) is 0 Å². The number of likely N-dealkylation sites (tertiary alicyclic amines) is 1. The van der Waals surface area contributed by atoms with Gasteiger partial charge in [0.2, 0.25) is 11.8 Å². The van der Waals surface area contributed by atoms with E-state index in [4.69, 9.17) is 14.2 Å². The molecule has 3 aromatic rings. The molecule has 11 nitrogen and oxygen atoms in total. The van der Waals surface area contributed by atoms with Crippen LogP contribution < -0.4 is 10.2 Å². The Morgan fingerprint density at radius 1 is 0.960 bits per heavy atom. The number of rotatable bonds is 6. The smallest absolute Gasteiger partial charge is 0.313 e. The predicted octanol–water partition coefficient (Wildman–Crippen LogP) is 3.80. The quantitative estimate of drug-likeness (QED) is 0.288. The summed E-state index contributed by atoms with van der Waals surface area (Å²) in [5.41, 5.74) is -0.274. The van der Waals surface area contributed by atoms with E-state index in [-0.39, 0.29) is 32.0 Å². The van der Waals surface area contributed by atoms with Gasteiger partial charge in [0.25, 0.3) is 5.91 Å². The van der Waals surface area contributed by atoms with Crippen LogP contribution in [0.5, 0.6) is 0 Å². The highest BCUT2D eigenvalue weighted by atomic mass is 79.9. The molecule has 5 bridgehead atoms. The Balaban J connectivity index is 1.35. The summed E-state index contributed by atoms with van der Waals surface area (Å²) in [6.45, 7) is -0.341. The highest BCUT2D eigenvalue weighted by molar-refractivity contribution is 9.11. The Bertz CT molecular complexity index is 1870. The van der Waals surface area contributed by atoms with Crippen molar-refractivity contribution >= 4 is 56.1 Å². The second kappa shape index (κ2) is 14.1. The van der Waals surface area contributed by atoms with E-state index in [0.29, 0.717) is 22.2 Å². The molecule has 0 aliphatic carbocycles. The molecule has 4 aliphatic rings. The van der Waals surface area contributed by atoms with Crippen molar-refractivity contribution in [2.45, 2.75) is 42.7 Å². The zero-order chi connectivity index (χ0) is 35.0. The van der Waals surface area contributed by atoms with Gasteiger partial charge in [-0.3, -0.25) is 19.2 Å². The number of carbonyl (C=O) groups is 4. The summed E-state index contributed by atoms with van der Waals surface area (Å²) in [4.78, 5) is 60.0. The van der Waals surface area contributed by atoms with Crippen molar-refractivity contribution in [1.82, 2.24) is 10.2 Å². The number of benzene rings is 3. The molecular formula is C38H38BrN3O8. The molecule has 2 fully saturated rings. The zero-order valence-corrected chi connectivity index (χ0v) is 29.0. The third-order valence-corrected chi connectivity index (χ3v) is 10.7.